The first kappa shape index (κ1) is 65.4. The molecule has 3 nitrogen and oxygen atoms in total. The van der Waals surface area contributed by atoms with Crippen LogP contribution in [0.1, 0.15) is 131 Å². The van der Waals surface area contributed by atoms with Crippen molar-refractivity contribution in [1.29, 1.82) is 0 Å². The normalized spacial score (nSPS) is 17.7. The molecule has 2 aliphatic rings. The van der Waals surface area contributed by atoms with Crippen LogP contribution in [0.2, 0.25) is 0 Å². The molecule has 2 aliphatic heterocycles. The van der Waals surface area contributed by atoms with Gasteiger partial charge in [0.15, 0.2) is 0 Å². The van der Waals surface area contributed by atoms with E-state index in [1.165, 1.54) is 91.8 Å². The molecule has 0 saturated carbocycles. The first-order valence-corrected chi connectivity index (χ1v) is 37.7. The smallest absolute Gasteiger partial charge is 0.132 e. The average Bonchev–Trinajstić information content (AvgIpc) is 3.68. The minimum Gasteiger partial charge on any atom is -0.304 e. The fourth-order valence-corrected chi connectivity index (χ4v) is 25.0. The maximum Gasteiger partial charge on any atom is 0.132 e. The second-order valence-electron chi connectivity index (χ2n) is 20.4. The zero-order valence-electron chi connectivity index (χ0n) is 48.4. The summed E-state index contributed by atoms with van der Waals surface area (Å²) in [5, 5.41) is 6.32. The molecule has 5 atom stereocenters. The van der Waals surface area contributed by atoms with Crippen molar-refractivity contribution in [2.75, 3.05) is 32.7 Å². The second kappa shape index (κ2) is 35.3. The molecule has 0 amide bonds. The van der Waals surface area contributed by atoms with Crippen LogP contribution in [0.4, 0.5) is 17.6 Å². The molecule has 1 N–H and O–H groups in total. The lowest BCUT2D eigenvalue weighted by molar-refractivity contribution is 0.321. The number of halogens is 5. The minimum absolute atomic E-state index is 0.186. The van der Waals surface area contributed by atoms with E-state index in [1.807, 2.05) is 24.3 Å². The summed E-state index contributed by atoms with van der Waals surface area (Å²) in [5.41, 5.74) is 6.84. The van der Waals surface area contributed by atoms with Gasteiger partial charge in [0.2, 0.25) is 0 Å². The third kappa shape index (κ3) is 18.2. The van der Waals surface area contributed by atoms with Gasteiger partial charge in [0, 0.05) is 64.0 Å². The highest BCUT2D eigenvalue weighted by Crippen LogP contribution is 2.76. The van der Waals surface area contributed by atoms with Crippen LogP contribution in [-0.4, -0.2) is 42.1 Å². The van der Waals surface area contributed by atoms with Crippen molar-refractivity contribution < 1.29 is 17.6 Å². The Hall–Kier alpha value is -4.19. The second-order valence-corrected chi connectivity index (χ2v) is 32.0. The molecule has 8 aromatic carbocycles. The van der Waals surface area contributed by atoms with Gasteiger partial charge in [-0.3, -0.25) is 9.53 Å². The van der Waals surface area contributed by atoms with Crippen molar-refractivity contribution in [1.82, 2.24) is 14.4 Å². The number of rotatable bonds is 20. The van der Waals surface area contributed by atoms with Crippen molar-refractivity contribution in [2.45, 2.75) is 109 Å². The van der Waals surface area contributed by atoms with Gasteiger partial charge in [-0.25, -0.2) is 17.6 Å². The Morgan fingerprint density at radius 2 is 0.720 bits per heavy atom. The number of hydrogen-bond donors (Lipinski definition) is 1. The summed E-state index contributed by atoms with van der Waals surface area (Å²) in [4.78, 5) is 2.38. The Morgan fingerprint density at radius 1 is 0.415 bits per heavy atom. The lowest BCUT2D eigenvalue weighted by Crippen LogP contribution is -2.30. The highest BCUT2D eigenvalue weighted by atomic mass is 127. The monoisotopic (exact) mass is 1290 g/mol. The molecule has 2 unspecified atom stereocenters. The van der Waals surface area contributed by atoms with E-state index in [0.717, 1.165) is 38.8 Å². The number of hydrogen-bond acceptors (Lipinski definition) is 3. The van der Waals surface area contributed by atoms with Gasteiger partial charge in [0.1, 0.15) is 23.3 Å². The summed E-state index contributed by atoms with van der Waals surface area (Å²) in [7, 11) is -2.37. The molecule has 2 saturated heterocycles. The predicted molar refractivity (Wildman–Crippen MR) is 359 cm³/mol. The van der Waals surface area contributed by atoms with Crippen molar-refractivity contribution in [2.24, 2.45) is 0 Å². The topological polar surface area (TPSA) is 18.5 Å². The van der Waals surface area contributed by atoms with E-state index in [0.29, 0.717) is 43.9 Å². The first-order chi connectivity index (χ1) is 40.1. The third-order valence-electron chi connectivity index (χ3n) is 15.1. The molecular formula is C70H82F4IN3P4. The van der Waals surface area contributed by atoms with E-state index in [1.54, 1.807) is 48.5 Å². The molecule has 432 valence electrons. The van der Waals surface area contributed by atoms with E-state index in [4.69, 9.17) is 0 Å². The molecule has 0 spiro atoms. The zero-order valence-corrected chi connectivity index (χ0v) is 54.1. The van der Waals surface area contributed by atoms with Crippen LogP contribution in [0, 0.1) is 23.3 Å². The van der Waals surface area contributed by atoms with Crippen molar-refractivity contribution in [3.05, 3.63) is 264 Å². The standard InChI is InChI=1S/C32H33F2NP2.C20H26NP.C12H8F2IP.C6H15N/c1-2-3-24-35(37(31-20-12-10-18-27(31)33)32-21-13-11-19-28(32)34)36-29(25-14-6-4-7-15-25)22-23-30(36)26-16-8-5-9-17-26;1-2-3-16-21-22-19(17-10-6-4-7-11-17)14-15-20(22)18-12-8-5-9-13-18;13-9-5-1-3-7-11(9)16(15)12-8-4-2-6-10(12)14;1-4-7(5-2)6-3/h4-21,29-30H,2-3,22-24H2,1H3;4-13,19-21H,2-3,14-16H2,1H3;1-8H;4-6H2,1-3H3/t29-,30?,36?;19-,20-;;/m10../s1. The van der Waals surface area contributed by atoms with Crippen LogP contribution < -0.4 is 26.3 Å². The van der Waals surface area contributed by atoms with Crippen LogP contribution in [0.15, 0.2) is 218 Å². The molecule has 0 bridgehead atoms. The summed E-state index contributed by atoms with van der Waals surface area (Å²) in [6, 6.07) is 70.8. The molecule has 10 rings (SSSR count). The lowest BCUT2D eigenvalue weighted by Gasteiger charge is -2.42. The van der Waals surface area contributed by atoms with Gasteiger partial charge >= 0.3 is 0 Å². The average molecular weight is 1290 g/mol. The van der Waals surface area contributed by atoms with Crippen LogP contribution in [0.3, 0.4) is 0 Å². The van der Waals surface area contributed by atoms with Crippen LogP contribution in [-0.2, 0) is 0 Å². The zero-order chi connectivity index (χ0) is 58.1. The maximum absolute atomic E-state index is 15.5. The number of nitrogens with zero attached hydrogens (tertiary/aromatic N) is 2. The first-order valence-electron chi connectivity index (χ1n) is 29.4. The van der Waals surface area contributed by atoms with Crippen molar-refractivity contribution in [3.8, 4) is 0 Å². The molecule has 82 heavy (non-hydrogen) atoms. The molecule has 12 heteroatoms. The van der Waals surface area contributed by atoms with Gasteiger partial charge in [-0.15, -0.1) is 0 Å². The largest absolute Gasteiger partial charge is 0.304 e. The lowest BCUT2D eigenvalue weighted by atomic mass is 10.0. The van der Waals surface area contributed by atoms with Crippen LogP contribution >= 0.6 is 51.8 Å². The Morgan fingerprint density at radius 3 is 1.04 bits per heavy atom. The Bertz CT molecular complexity index is 2860. The summed E-state index contributed by atoms with van der Waals surface area (Å²) in [5.74, 6) is -1.04. The summed E-state index contributed by atoms with van der Waals surface area (Å²) < 4.78 is 60.7. The van der Waals surface area contributed by atoms with E-state index in [-0.39, 0.29) is 31.3 Å². The Kier molecular flexibility index (Phi) is 28.1. The van der Waals surface area contributed by atoms with E-state index >= 15 is 8.78 Å². The quantitative estimate of drug-likeness (QED) is 0.0355. The fraction of sp³-hybridized carbons (Fsp3) is 0.314. The van der Waals surface area contributed by atoms with Gasteiger partial charge in [0.25, 0.3) is 0 Å². The molecule has 0 aliphatic carbocycles. The Labute approximate surface area is 506 Å². The van der Waals surface area contributed by atoms with Gasteiger partial charge in [-0.2, -0.15) is 0 Å². The van der Waals surface area contributed by atoms with Crippen molar-refractivity contribution >= 4 is 73.0 Å². The van der Waals surface area contributed by atoms with Crippen LogP contribution in [0.5, 0.6) is 0 Å². The number of nitrogens with one attached hydrogen (secondary N) is 1. The summed E-state index contributed by atoms with van der Waals surface area (Å²) >= 11 is 2.11. The van der Waals surface area contributed by atoms with Gasteiger partial charge in [-0.1, -0.05) is 229 Å². The number of unbranched alkanes of at least 4 members (excludes halogenated alkanes) is 2. The fourth-order valence-electron chi connectivity index (χ4n) is 10.8. The molecular weight excluding hydrogens is 1210 g/mol. The van der Waals surface area contributed by atoms with Crippen LogP contribution in [0.25, 0.3) is 0 Å². The van der Waals surface area contributed by atoms with E-state index in [9.17, 15) is 8.78 Å². The molecule has 2 fully saturated rings. The molecule has 0 radical (unpaired) electrons. The van der Waals surface area contributed by atoms with Gasteiger partial charge in [0.05, 0.1) is 0 Å². The third-order valence-corrected chi connectivity index (χ3v) is 29.5. The van der Waals surface area contributed by atoms with Gasteiger partial charge < -0.3 is 4.90 Å². The molecule has 0 aromatic heterocycles. The van der Waals surface area contributed by atoms with Gasteiger partial charge in [-0.05, 0) is 162 Å². The molecule has 8 aromatic rings. The van der Waals surface area contributed by atoms with Crippen molar-refractivity contribution in [3.63, 3.8) is 0 Å². The minimum atomic E-state index is -1.40. The Balaban J connectivity index is 0.000000181. The SMILES string of the molecule is CCCCN(P(c1ccccc1F)c1ccccc1F)P1C(c2ccccc2)CC[C@@H]1c1ccccc1.CCCCNP1[C@H](c2ccccc2)CC[C@H]1c1ccccc1.CCN(CC)CC.Fc1ccccc1P(I)c1ccccc1F. The highest BCUT2D eigenvalue weighted by molar-refractivity contribution is 14.2. The van der Waals surface area contributed by atoms with E-state index < -0.39 is 21.7 Å². The summed E-state index contributed by atoms with van der Waals surface area (Å²) in [6.45, 7) is 16.6. The highest BCUT2D eigenvalue weighted by Gasteiger charge is 2.45. The van der Waals surface area contributed by atoms with E-state index in [2.05, 4.69) is 192 Å². The number of benzene rings is 8. The summed E-state index contributed by atoms with van der Waals surface area (Å²) in [6.07, 6.45) is 9.35. The predicted octanol–water partition coefficient (Wildman–Crippen LogP) is 20.2. The maximum atomic E-state index is 15.5. The molecule has 2 heterocycles.